The first-order valence-electron chi connectivity index (χ1n) is 6.95. The lowest BCUT2D eigenvalue weighted by atomic mass is 10.0. The van der Waals surface area contributed by atoms with Gasteiger partial charge in [0, 0.05) is 12.6 Å². The third-order valence-electron chi connectivity index (χ3n) is 3.69. The van der Waals surface area contributed by atoms with Gasteiger partial charge in [0.25, 0.3) is 0 Å². The normalized spacial score (nSPS) is 18.9. The number of aromatic nitrogens is 1. The van der Waals surface area contributed by atoms with Crippen LogP contribution in [0.1, 0.15) is 45.2 Å². The highest BCUT2D eigenvalue weighted by Gasteiger charge is 2.25. The van der Waals surface area contributed by atoms with Crippen LogP contribution in [-0.2, 0) is 0 Å². The van der Waals surface area contributed by atoms with Crippen molar-refractivity contribution in [3.8, 4) is 6.07 Å². The molecule has 2 heterocycles. The van der Waals surface area contributed by atoms with Gasteiger partial charge in [0.15, 0.2) is 5.69 Å². The number of hydrogen-bond acceptors (Lipinski definition) is 3. The van der Waals surface area contributed by atoms with E-state index in [9.17, 15) is 0 Å². The van der Waals surface area contributed by atoms with Crippen LogP contribution in [0.15, 0.2) is 12.1 Å². The van der Waals surface area contributed by atoms with Crippen molar-refractivity contribution in [3.05, 3.63) is 22.8 Å². The lowest BCUT2D eigenvalue weighted by molar-refractivity contribution is 0.494. The van der Waals surface area contributed by atoms with Crippen LogP contribution in [0.25, 0.3) is 0 Å². The maximum atomic E-state index is 9.01. The number of nitrogens with zero attached hydrogens (tertiary/aromatic N) is 3. The fourth-order valence-corrected chi connectivity index (χ4v) is 2.78. The molecule has 1 atom stereocenters. The Hall–Kier alpha value is -1.27. The van der Waals surface area contributed by atoms with E-state index in [2.05, 4.69) is 29.8 Å². The van der Waals surface area contributed by atoms with Gasteiger partial charge in [0.1, 0.15) is 11.9 Å². The molecular formula is C15H20ClN3. The molecule has 4 heteroatoms. The Labute approximate surface area is 120 Å². The highest BCUT2D eigenvalue weighted by atomic mass is 35.5. The Balaban J connectivity index is 2.13. The van der Waals surface area contributed by atoms with Gasteiger partial charge in [-0.2, -0.15) is 5.26 Å². The van der Waals surface area contributed by atoms with Gasteiger partial charge in [0.05, 0.1) is 5.02 Å². The second-order valence-electron chi connectivity index (χ2n) is 5.57. The summed E-state index contributed by atoms with van der Waals surface area (Å²) in [6.45, 7) is 5.55. The third-order valence-corrected chi connectivity index (χ3v) is 3.99. The molecule has 0 bridgehead atoms. The van der Waals surface area contributed by atoms with Crippen molar-refractivity contribution in [1.82, 2.24) is 4.98 Å². The SMILES string of the molecule is CC(C)CCC1CCCN1c1ccc(Cl)c(C#N)n1. The van der Waals surface area contributed by atoms with E-state index in [0.29, 0.717) is 16.8 Å². The summed E-state index contributed by atoms with van der Waals surface area (Å²) in [6.07, 6.45) is 4.86. The lowest BCUT2D eigenvalue weighted by Crippen LogP contribution is -2.30. The molecule has 2 rings (SSSR count). The zero-order valence-corrected chi connectivity index (χ0v) is 12.3. The van der Waals surface area contributed by atoms with Crippen LogP contribution in [0.2, 0.25) is 5.02 Å². The van der Waals surface area contributed by atoms with E-state index >= 15 is 0 Å². The molecule has 0 spiro atoms. The average Bonchev–Trinajstić information content (AvgIpc) is 2.85. The Morgan fingerprint density at radius 3 is 3.00 bits per heavy atom. The second kappa shape index (κ2) is 6.25. The first-order valence-corrected chi connectivity index (χ1v) is 7.33. The van der Waals surface area contributed by atoms with E-state index in [1.54, 1.807) is 6.07 Å². The zero-order valence-electron chi connectivity index (χ0n) is 11.6. The van der Waals surface area contributed by atoms with Crippen molar-refractivity contribution < 1.29 is 0 Å². The summed E-state index contributed by atoms with van der Waals surface area (Å²) in [7, 11) is 0. The smallest absolute Gasteiger partial charge is 0.161 e. The van der Waals surface area contributed by atoms with Gasteiger partial charge >= 0.3 is 0 Å². The van der Waals surface area contributed by atoms with Crippen LogP contribution < -0.4 is 4.90 Å². The van der Waals surface area contributed by atoms with Gasteiger partial charge in [0.2, 0.25) is 0 Å². The fraction of sp³-hybridized carbons (Fsp3) is 0.600. The highest BCUT2D eigenvalue weighted by Crippen LogP contribution is 2.29. The number of hydrogen-bond donors (Lipinski definition) is 0. The van der Waals surface area contributed by atoms with Crippen molar-refractivity contribution in [1.29, 1.82) is 5.26 Å². The van der Waals surface area contributed by atoms with Gasteiger partial charge in [-0.15, -0.1) is 0 Å². The van der Waals surface area contributed by atoms with E-state index in [0.717, 1.165) is 18.3 Å². The standard InChI is InChI=1S/C15H20ClN3/c1-11(2)5-6-12-4-3-9-19(12)15-8-7-13(16)14(10-17)18-15/h7-8,11-12H,3-6,9H2,1-2H3. The molecule has 3 nitrogen and oxygen atoms in total. The quantitative estimate of drug-likeness (QED) is 0.835. The monoisotopic (exact) mass is 277 g/mol. The summed E-state index contributed by atoms with van der Waals surface area (Å²) in [5.41, 5.74) is 0.327. The molecular weight excluding hydrogens is 258 g/mol. The van der Waals surface area contributed by atoms with Crippen molar-refractivity contribution >= 4 is 17.4 Å². The largest absolute Gasteiger partial charge is 0.354 e. The number of pyridine rings is 1. The molecule has 0 saturated carbocycles. The molecule has 1 aromatic rings. The second-order valence-corrected chi connectivity index (χ2v) is 5.98. The van der Waals surface area contributed by atoms with E-state index in [1.165, 1.54) is 25.7 Å². The minimum Gasteiger partial charge on any atom is -0.354 e. The van der Waals surface area contributed by atoms with Crippen LogP contribution in [0.5, 0.6) is 0 Å². The number of rotatable bonds is 4. The minimum absolute atomic E-state index is 0.327. The molecule has 19 heavy (non-hydrogen) atoms. The van der Waals surface area contributed by atoms with E-state index in [-0.39, 0.29) is 0 Å². The Morgan fingerprint density at radius 1 is 1.53 bits per heavy atom. The van der Waals surface area contributed by atoms with Gasteiger partial charge in [-0.1, -0.05) is 25.4 Å². The summed E-state index contributed by atoms with van der Waals surface area (Å²) < 4.78 is 0. The van der Waals surface area contributed by atoms with Gasteiger partial charge in [-0.25, -0.2) is 4.98 Å². The molecule has 0 radical (unpaired) electrons. The van der Waals surface area contributed by atoms with Crippen LogP contribution >= 0.6 is 11.6 Å². The Kier molecular flexibility index (Phi) is 4.66. The molecule has 1 aromatic heterocycles. The summed E-state index contributed by atoms with van der Waals surface area (Å²) in [5, 5.41) is 9.45. The summed E-state index contributed by atoms with van der Waals surface area (Å²) in [6, 6.07) is 6.32. The van der Waals surface area contributed by atoms with Gasteiger partial charge in [-0.3, -0.25) is 0 Å². The lowest BCUT2D eigenvalue weighted by Gasteiger charge is -2.26. The Bertz CT molecular complexity index is 479. The summed E-state index contributed by atoms with van der Waals surface area (Å²) in [4.78, 5) is 6.72. The molecule has 0 amide bonds. The van der Waals surface area contributed by atoms with Gasteiger partial charge < -0.3 is 4.90 Å². The number of halogens is 1. The van der Waals surface area contributed by atoms with Crippen molar-refractivity contribution in [3.63, 3.8) is 0 Å². The molecule has 102 valence electrons. The first kappa shape index (κ1) is 14.1. The predicted octanol–water partition coefficient (Wildman–Crippen LogP) is 4.01. The molecule has 1 saturated heterocycles. The average molecular weight is 278 g/mol. The minimum atomic E-state index is 0.327. The molecule has 1 aliphatic heterocycles. The van der Waals surface area contributed by atoms with Gasteiger partial charge in [-0.05, 0) is 43.7 Å². The van der Waals surface area contributed by atoms with Crippen LogP contribution in [-0.4, -0.2) is 17.6 Å². The zero-order chi connectivity index (χ0) is 13.8. The van der Waals surface area contributed by atoms with Crippen molar-refractivity contribution in [2.75, 3.05) is 11.4 Å². The summed E-state index contributed by atoms with van der Waals surface area (Å²) >= 11 is 5.94. The van der Waals surface area contributed by atoms with E-state index in [1.807, 2.05) is 6.07 Å². The van der Waals surface area contributed by atoms with Crippen LogP contribution in [0, 0.1) is 17.2 Å². The highest BCUT2D eigenvalue weighted by molar-refractivity contribution is 6.31. The number of anilines is 1. The molecule has 0 aromatic carbocycles. The first-order chi connectivity index (χ1) is 9.11. The van der Waals surface area contributed by atoms with E-state index in [4.69, 9.17) is 16.9 Å². The molecule has 0 aliphatic carbocycles. The maximum absolute atomic E-state index is 9.01. The molecule has 1 fully saturated rings. The van der Waals surface area contributed by atoms with Crippen LogP contribution in [0.3, 0.4) is 0 Å². The molecule has 1 aliphatic rings. The van der Waals surface area contributed by atoms with Crippen molar-refractivity contribution in [2.24, 2.45) is 5.92 Å². The fourth-order valence-electron chi connectivity index (χ4n) is 2.63. The molecule has 1 unspecified atom stereocenters. The number of nitriles is 1. The van der Waals surface area contributed by atoms with E-state index < -0.39 is 0 Å². The Morgan fingerprint density at radius 2 is 2.32 bits per heavy atom. The van der Waals surface area contributed by atoms with Crippen LogP contribution in [0.4, 0.5) is 5.82 Å². The molecule has 0 N–H and O–H groups in total. The summed E-state index contributed by atoms with van der Waals surface area (Å²) in [5.74, 6) is 1.63. The van der Waals surface area contributed by atoms with Crippen molar-refractivity contribution in [2.45, 2.75) is 45.6 Å². The third kappa shape index (κ3) is 3.39. The maximum Gasteiger partial charge on any atom is 0.161 e. The predicted molar refractivity (Wildman–Crippen MR) is 78.4 cm³/mol. The topological polar surface area (TPSA) is 39.9 Å².